The molecule has 0 atom stereocenters. The molecule has 1 aliphatic rings. The Balaban J connectivity index is 1.49. The molecule has 0 aliphatic heterocycles. The average molecular weight is 377 g/mol. The first-order valence-electron chi connectivity index (χ1n) is 8.71. The summed E-state index contributed by atoms with van der Waals surface area (Å²) in [5, 5.41) is 15.7. The zero-order valence-corrected chi connectivity index (χ0v) is 16.3. The molecule has 1 aromatic carbocycles. The maximum absolute atomic E-state index is 12.2. The van der Waals surface area contributed by atoms with Gasteiger partial charge in [0.05, 0.1) is 5.75 Å². The summed E-state index contributed by atoms with van der Waals surface area (Å²) >= 11 is 2.97. The molecule has 1 heterocycles. The molecular formula is C18H24N4OS2. The van der Waals surface area contributed by atoms with Crippen LogP contribution in [-0.2, 0) is 4.79 Å². The minimum atomic E-state index is -0.0145. The highest BCUT2D eigenvalue weighted by atomic mass is 32.2. The number of aromatic nitrogens is 2. The van der Waals surface area contributed by atoms with E-state index < -0.39 is 0 Å². The van der Waals surface area contributed by atoms with Gasteiger partial charge in [0.2, 0.25) is 11.0 Å². The van der Waals surface area contributed by atoms with E-state index >= 15 is 0 Å². The van der Waals surface area contributed by atoms with E-state index in [-0.39, 0.29) is 5.91 Å². The molecule has 1 aliphatic carbocycles. The number of nitrogens with one attached hydrogen (secondary N) is 2. The van der Waals surface area contributed by atoms with Gasteiger partial charge >= 0.3 is 0 Å². The number of amides is 1. The third-order valence-corrected chi connectivity index (χ3v) is 6.40. The molecule has 1 fully saturated rings. The second-order valence-corrected chi connectivity index (χ2v) is 8.66. The first-order valence-corrected chi connectivity index (χ1v) is 10.5. The predicted molar refractivity (Wildman–Crippen MR) is 106 cm³/mol. The third-order valence-electron chi connectivity index (χ3n) is 4.41. The van der Waals surface area contributed by atoms with Gasteiger partial charge in [-0.25, -0.2) is 0 Å². The Morgan fingerprint density at radius 2 is 1.92 bits per heavy atom. The highest BCUT2D eigenvalue weighted by Gasteiger charge is 2.16. The van der Waals surface area contributed by atoms with Crippen LogP contribution in [0.2, 0.25) is 0 Å². The molecule has 25 heavy (non-hydrogen) atoms. The van der Waals surface area contributed by atoms with Crippen LogP contribution in [-0.4, -0.2) is 27.9 Å². The maximum Gasteiger partial charge on any atom is 0.234 e. The van der Waals surface area contributed by atoms with Crippen LogP contribution in [0.1, 0.15) is 43.2 Å². The average Bonchev–Trinajstić information content (AvgIpc) is 3.05. The van der Waals surface area contributed by atoms with Crippen molar-refractivity contribution >= 4 is 39.8 Å². The summed E-state index contributed by atoms with van der Waals surface area (Å²) in [7, 11) is 0. The van der Waals surface area contributed by atoms with E-state index in [2.05, 4.69) is 20.8 Å². The largest absolute Gasteiger partial charge is 0.357 e. The molecule has 0 bridgehead atoms. The molecule has 5 nitrogen and oxygen atoms in total. The number of hydrogen-bond donors (Lipinski definition) is 2. The van der Waals surface area contributed by atoms with Gasteiger partial charge in [0, 0.05) is 11.7 Å². The molecule has 0 radical (unpaired) electrons. The summed E-state index contributed by atoms with van der Waals surface area (Å²) in [5.41, 5.74) is 3.06. The van der Waals surface area contributed by atoms with E-state index in [0.29, 0.717) is 11.8 Å². The van der Waals surface area contributed by atoms with Crippen LogP contribution in [0.25, 0.3) is 0 Å². The molecule has 2 aromatic rings. The Morgan fingerprint density at radius 3 is 2.64 bits per heavy atom. The number of anilines is 2. The molecule has 0 unspecified atom stereocenters. The zero-order valence-electron chi connectivity index (χ0n) is 14.7. The molecule has 0 spiro atoms. The fourth-order valence-corrected chi connectivity index (χ4v) is 4.69. The fraction of sp³-hybridized carbons (Fsp3) is 0.500. The van der Waals surface area contributed by atoms with E-state index in [1.54, 1.807) is 0 Å². The monoisotopic (exact) mass is 376 g/mol. The van der Waals surface area contributed by atoms with Crippen LogP contribution in [0, 0.1) is 13.8 Å². The summed E-state index contributed by atoms with van der Waals surface area (Å²) in [6, 6.07) is 6.52. The smallest absolute Gasteiger partial charge is 0.234 e. The van der Waals surface area contributed by atoms with Crippen molar-refractivity contribution in [2.24, 2.45) is 0 Å². The van der Waals surface area contributed by atoms with Crippen molar-refractivity contribution < 1.29 is 4.79 Å². The lowest BCUT2D eigenvalue weighted by Gasteiger charge is -2.21. The van der Waals surface area contributed by atoms with Crippen molar-refractivity contribution in [3.8, 4) is 0 Å². The van der Waals surface area contributed by atoms with E-state index in [4.69, 9.17) is 0 Å². The van der Waals surface area contributed by atoms with Gasteiger partial charge in [-0.3, -0.25) is 4.79 Å². The Morgan fingerprint density at radius 1 is 1.20 bits per heavy atom. The van der Waals surface area contributed by atoms with Crippen molar-refractivity contribution in [2.75, 3.05) is 16.4 Å². The molecular weight excluding hydrogens is 352 g/mol. The Bertz CT molecular complexity index is 705. The normalized spacial score (nSPS) is 15.1. The first kappa shape index (κ1) is 18.2. The fourth-order valence-electron chi connectivity index (χ4n) is 3.06. The lowest BCUT2D eigenvalue weighted by atomic mass is 9.96. The van der Waals surface area contributed by atoms with Gasteiger partial charge in [-0.1, -0.05) is 60.6 Å². The van der Waals surface area contributed by atoms with Gasteiger partial charge in [0.1, 0.15) is 0 Å². The third kappa shape index (κ3) is 5.19. The Labute approximate surface area is 157 Å². The number of para-hydroxylation sites is 1. The van der Waals surface area contributed by atoms with E-state index in [9.17, 15) is 4.79 Å². The Hall–Kier alpha value is -1.60. The van der Waals surface area contributed by atoms with Gasteiger partial charge in [-0.05, 0) is 37.8 Å². The molecule has 3 rings (SSSR count). The number of hydrogen-bond acceptors (Lipinski definition) is 6. The molecule has 1 amide bonds. The summed E-state index contributed by atoms with van der Waals surface area (Å²) in [5.74, 6) is 0.325. The summed E-state index contributed by atoms with van der Waals surface area (Å²) < 4.78 is 0.829. The van der Waals surface area contributed by atoms with Crippen LogP contribution in [0.5, 0.6) is 0 Å². The van der Waals surface area contributed by atoms with Gasteiger partial charge < -0.3 is 10.6 Å². The minimum Gasteiger partial charge on any atom is -0.357 e. The van der Waals surface area contributed by atoms with E-state index in [1.807, 2.05) is 32.0 Å². The van der Waals surface area contributed by atoms with Crippen LogP contribution in [0.4, 0.5) is 10.8 Å². The van der Waals surface area contributed by atoms with Gasteiger partial charge in [0.15, 0.2) is 4.34 Å². The lowest BCUT2D eigenvalue weighted by Crippen LogP contribution is -2.21. The summed E-state index contributed by atoms with van der Waals surface area (Å²) in [4.78, 5) is 12.2. The summed E-state index contributed by atoms with van der Waals surface area (Å²) in [6.07, 6.45) is 6.33. The van der Waals surface area contributed by atoms with Crippen molar-refractivity contribution in [2.45, 2.75) is 56.3 Å². The van der Waals surface area contributed by atoms with Gasteiger partial charge in [-0.15, -0.1) is 10.2 Å². The minimum absolute atomic E-state index is 0.0145. The number of benzene rings is 1. The number of carbonyl (C=O) groups excluding carboxylic acids is 1. The Kier molecular flexibility index (Phi) is 6.31. The molecule has 7 heteroatoms. The lowest BCUT2D eigenvalue weighted by molar-refractivity contribution is -0.113. The predicted octanol–water partition coefficient (Wildman–Crippen LogP) is 4.63. The van der Waals surface area contributed by atoms with Crippen LogP contribution < -0.4 is 10.6 Å². The molecule has 2 N–H and O–H groups in total. The zero-order chi connectivity index (χ0) is 17.6. The van der Waals surface area contributed by atoms with Crippen molar-refractivity contribution in [3.63, 3.8) is 0 Å². The number of nitrogens with zero attached hydrogens (tertiary/aromatic N) is 2. The standard InChI is InChI=1S/C18H24N4OS2/c1-12-7-6-8-13(2)16(12)20-15(23)11-24-18-22-21-17(25-18)19-14-9-4-3-5-10-14/h6-8,14H,3-5,9-11H2,1-2H3,(H,19,21)(H,20,23). The van der Waals surface area contributed by atoms with E-state index in [1.165, 1.54) is 55.2 Å². The van der Waals surface area contributed by atoms with Crippen LogP contribution >= 0.6 is 23.1 Å². The van der Waals surface area contributed by atoms with Gasteiger partial charge in [-0.2, -0.15) is 0 Å². The maximum atomic E-state index is 12.2. The summed E-state index contributed by atoms with van der Waals surface area (Å²) in [6.45, 7) is 4.01. The van der Waals surface area contributed by atoms with Gasteiger partial charge in [0.25, 0.3) is 0 Å². The van der Waals surface area contributed by atoms with E-state index in [0.717, 1.165) is 26.3 Å². The SMILES string of the molecule is Cc1cccc(C)c1NC(=O)CSc1nnc(NC2CCCCC2)s1. The first-order chi connectivity index (χ1) is 12.1. The highest BCUT2D eigenvalue weighted by molar-refractivity contribution is 8.01. The second-order valence-electron chi connectivity index (χ2n) is 6.46. The van der Waals surface area contributed by atoms with Crippen molar-refractivity contribution in [1.82, 2.24) is 10.2 Å². The molecule has 134 valence electrons. The molecule has 1 saturated carbocycles. The van der Waals surface area contributed by atoms with Crippen molar-refractivity contribution in [3.05, 3.63) is 29.3 Å². The number of thioether (sulfide) groups is 1. The highest BCUT2D eigenvalue weighted by Crippen LogP contribution is 2.28. The quantitative estimate of drug-likeness (QED) is 0.720. The van der Waals surface area contributed by atoms with Crippen LogP contribution in [0.3, 0.4) is 0 Å². The number of aryl methyl sites for hydroxylation is 2. The second kappa shape index (κ2) is 8.67. The van der Waals surface area contributed by atoms with Crippen molar-refractivity contribution in [1.29, 1.82) is 0 Å². The number of carbonyl (C=O) groups is 1. The molecule has 1 aromatic heterocycles. The topological polar surface area (TPSA) is 66.9 Å². The number of rotatable bonds is 6. The molecule has 0 saturated heterocycles. The van der Waals surface area contributed by atoms with Crippen LogP contribution in [0.15, 0.2) is 22.5 Å².